The van der Waals surface area contributed by atoms with Crippen LogP contribution in [0.1, 0.15) is 65.9 Å². The molecule has 2 unspecified atom stereocenters. The van der Waals surface area contributed by atoms with Gasteiger partial charge in [0.15, 0.2) is 0 Å². The highest BCUT2D eigenvalue weighted by Gasteiger charge is 2.45. The van der Waals surface area contributed by atoms with Crippen LogP contribution in [0.3, 0.4) is 0 Å². The molecule has 10 heteroatoms. The van der Waals surface area contributed by atoms with E-state index in [9.17, 15) is 24.0 Å². The number of nitrogens with zero attached hydrogens (tertiary/aromatic N) is 2. The van der Waals surface area contributed by atoms with Crippen molar-refractivity contribution in [3.05, 3.63) is 34.9 Å². The molecule has 10 nitrogen and oxygen atoms in total. The number of rotatable bonds is 2. The molecular weight excluding hydrogens is 416 g/mol. The number of ether oxygens (including phenoxy) is 1. The second kappa shape index (κ2) is 8.01. The van der Waals surface area contributed by atoms with Gasteiger partial charge in [-0.05, 0) is 44.9 Å². The van der Waals surface area contributed by atoms with Gasteiger partial charge in [0.1, 0.15) is 11.6 Å². The van der Waals surface area contributed by atoms with Crippen molar-refractivity contribution < 1.29 is 28.7 Å². The number of imide groups is 2. The van der Waals surface area contributed by atoms with E-state index in [0.29, 0.717) is 19.6 Å². The third-order valence-corrected chi connectivity index (χ3v) is 5.69. The average Bonchev–Trinajstić information content (AvgIpc) is 2.97. The Hall–Kier alpha value is -3.27. The predicted octanol–water partition coefficient (Wildman–Crippen LogP) is 0.969. The quantitative estimate of drug-likeness (QED) is 0.654. The SMILES string of the molecule is CC(C)(C)OC(=O)N1CCNC(c2ccc3c(c2)C(=O)N(C2CCC(=O)NC2=O)C3=O)C1. The lowest BCUT2D eigenvalue weighted by atomic mass is 9.99. The summed E-state index contributed by atoms with van der Waals surface area (Å²) in [6, 6.07) is 3.71. The van der Waals surface area contributed by atoms with Gasteiger partial charge >= 0.3 is 6.09 Å². The maximum Gasteiger partial charge on any atom is 0.410 e. The molecule has 2 saturated heterocycles. The summed E-state index contributed by atoms with van der Waals surface area (Å²) in [5.41, 5.74) is 0.594. The van der Waals surface area contributed by atoms with Gasteiger partial charge in [0.2, 0.25) is 11.8 Å². The summed E-state index contributed by atoms with van der Waals surface area (Å²) in [6.45, 7) is 6.83. The molecule has 1 aromatic carbocycles. The van der Waals surface area contributed by atoms with Crippen molar-refractivity contribution in [2.75, 3.05) is 19.6 Å². The van der Waals surface area contributed by atoms with Gasteiger partial charge in [-0.2, -0.15) is 0 Å². The number of fused-ring (bicyclic) bond motifs is 1. The standard InChI is InChI=1S/C22H26N4O6/c1-22(2,3)32-21(31)25-9-8-23-15(11-25)12-4-5-13-14(10-12)20(30)26(19(13)29)16-6-7-17(27)24-18(16)28/h4-5,10,15-16,23H,6-9,11H2,1-3H3,(H,24,27,28). The second-order valence-electron chi connectivity index (χ2n) is 9.19. The number of carbonyl (C=O) groups excluding carboxylic acids is 5. The Morgan fingerprint density at radius 3 is 2.50 bits per heavy atom. The highest BCUT2D eigenvalue weighted by Crippen LogP contribution is 2.30. The summed E-state index contributed by atoms with van der Waals surface area (Å²) in [6.07, 6.45) is -0.222. The first-order valence-electron chi connectivity index (χ1n) is 10.6. The number of piperazine rings is 1. The smallest absolute Gasteiger partial charge is 0.410 e. The zero-order valence-electron chi connectivity index (χ0n) is 18.3. The van der Waals surface area contributed by atoms with Crippen LogP contribution in [0.25, 0.3) is 0 Å². The molecule has 3 heterocycles. The van der Waals surface area contributed by atoms with Gasteiger partial charge in [-0.3, -0.25) is 29.4 Å². The minimum atomic E-state index is -1.00. The van der Waals surface area contributed by atoms with E-state index in [1.54, 1.807) is 23.1 Å². The average molecular weight is 442 g/mol. The number of hydrogen-bond acceptors (Lipinski definition) is 7. The fourth-order valence-electron chi connectivity index (χ4n) is 4.17. The Balaban J connectivity index is 1.53. The van der Waals surface area contributed by atoms with Crippen molar-refractivity contribution in [3.63, 3.8) is 0 Å². The summed E-state index contributed by atoms with van der Waals surface area (Å²) in [4.78, 5) is 64.5. The van der Waals surface area contributed by atoms with Crippen LogP contribution < -0.4 is 10.6 Å². The molecule has 0 aromatic heterocycles. The van der Waals surface area contributed by atoms with Gasteiger partial charge < -0.3 is 15.0 Å². The van der Waals surface area contributed by atoms with Crippen molar-refractivity contribution in [2.24, 2.45) is 0 Å². The molecule has 0 aliphatic carbocycles. The second-order valence-corrected chi connectivity index (χ2v) is 9.19. The number of benzene rings is 1. The van der Waals surface area contributed by atoms with Crippen molar-refractivity contribution in [3.8, 4) is 0 Å². The molecular formula is C22H26N4O6. The molecule has 170 valence electrons. The molecule has 4 rings (SSSR count). The summed E-state index contributed by atoms with van der Waals surface area (Å²) >= 11 is 0. The molecule has 2 N–H and O–H groups in total. The zero-order chi connectivity index (χ0) is 23.2. The van der Waals surface area contributed by atoms with E-state index in [4.69, 9.17) is 4.74 Å². The predicted molar refractivity (Wildman–Crippen MR) is 112 cm³/mol. The fraction of sp³-hybridized carbons (Fsp3) is 0.500. The third-order valence-electron chi connectivity index (χ3n) is 5.69. The van der Waals surface area contributed by atoms with Crippen LogP contribution >= 0.6 is 0 Å². The van der Waals surface area contributed by atoms with E-state index in [-0.39, 0.29) is 30.0 Å². The highest BCUT2D eigenvalue weighted by molar-refractivity contribution is 6.23. The molecule has 1 aromatic rings. The zero-order valence-corrected chi connectivity index (χ0v) is 18.3. The van der Waals surface area contributed by atoms with Gasteiger partial charge in [0.05, 0.1) is 17.2 Å². The van der Waals surface area contributed by atoms with E-state index in [1.165, 1.54) is 0 Å². The summed E-state index contributed by atoms with van der Waals surface area (Å²) in [7, 11) is 0. The molecule has 2 atom stereocenters. The maximum absolute atomic E-state index is 13.0. The molecule has 5 amide bonds. The van der Waals surface area contributed by atoms with E-state index in [1.807, 2.05) is 20.8 Å². The molecule has 0 saturated carbocycles. The lowest BCUT2D eigenvalue weighted by Crippen LogP contribution is -2.54. The molecule has 3 aliphatic rings. The summed E-state index contributed by atoms with van der Waals surface area (Å²) in [5.74, 6) is -2.15. The van der Waals surface area contributed by atoms with Crippen molar-refractivity contribution in [1.29, 1.82) is 0 Å². The van der Waals surface area contributed by atoms with E-state index < -0.39 is 41.4 Å². The van der Waals surface area contributed by atoms with Crippen molar-refractivity contribution >= 4 is 29.7 Å². The fourth-order valence-corrected chi connectivity index (χ4v) is 4.17. The van der Waals surface area contributed by atoms with Gasteiger partial charge in [-0.15, -0.1) is 0 Å². The lowest BCUT2D eigenvalue weighted by Gasteiger charge is -2.35. The minimum Gasteiger partial charge on any atom is -0.444 e. The van der Waals surface area contributed by atoms with Gasteiger partial charge in [0, 0.05) is 26.1 Å². The normalized spacial score (nSPS) is 23.8. The summed E-state index contributed by atoms with van der Waals surface area (Å²) < 4.78 is 5.46. The molecule has 0 bridgehead atoms. The monoisotopic (exact) mass is 442 g/mol. The van der Waals surface area contributed by atoms with E-state index in [0.717, 1.165) is 10.5 Å². The highest BCUT2D eigenvalue weighted by atomic mass is 16.6. The number of amides is 5. The molecule has 32 heavy (non-hydrogen) atoms. The number of carbonyl (C=O) groups is 5. The van der Waals surface area contributed by atoms with Crippen molar-refractivity contribution in [2.45, 2.75) is 51.3 Å². The van der Waals surface area contributed by atoms with Crippen LogP contribution in [0, 0.1) is 0 Å². The molecule has 3 aliphatic heterocycles. The van der Waals surface area contributed by atoms with Crippen molar-refractivity contribution in [1.82, 2.24) is 20.4 Å². The maximum atomic E-state index is 13.0. The number of nitrogens with one attached hydrogen (secondary N) is 2. The minimum absolute atomic E-state index is 0.0710. The Bertz CT molecular complexity index is 1010. The Morgan fingerprint density at radius 2 is 1.81 bits per heavy atom. The van der Waals surface area contributed by atoms with Gasteiger partial charge in [0.25, 0.3) is 11.8 Å². The first-order valence-corrected chi connectivity index (χ1v) is 10.6. The Morgan fingerprint density at radius 1 is 1.09 bits per heavy atom. The van der Waals surface area contributed by atoms with Crippen LogP contribution in [0.2, 0.25) is 0 Å². The number of piperidine rings is 1. The molecule has 0 spiro atoms. The molecule has 2 fully saturated rings. The van der Waals surface area contributed by atoms with Crippen LogP contribution in [0.4, 0.5) is 4.79 Å². The topological polar surface area (TPSA) is 125 Å². The van der Waals surface area contributed by atoms with Crippen LogP contribution in [-0.2, 0) is 14.3 Å². The molecule has 0 radical (unpaired) electrons. The lowest BCUT2D eigenvalue weighted by molar-refractivity contribution is -0.136. The van der Waals surface area contributed by atoms with E-state index >= 15 is 0 Å². The summed E-state index contributed by atoms with van der Waals surface area (Å²) in [5, 5.41) is 5.51. The van der Waals surface area contributed by atoms with Crippen LogP contribution in [-0.4, -0.2) is 70.8 Å². The first kappa shape index (κ1) is 21.9. The first-order chi connectivity index (χ1) is 15.0. The largest absolute Gasteiger partial charge is 0.444 e. The van der Waals surface area contributed by atoms with Crippen LogP contribution in [0.5, 0.6) is 0 Å². The third kappa shape index (κ3) is 4.10. The van der Waals surface area contributed by atoms with Gasteiger partial charge in [-0.1, -0.05) is 6.07 Å². The number of hydrogen-bond donors (Lipinski definition) is 2. The van der Waals surface area contributed by atoms with Crippen LogP contribution in [0.15, 0.2) is 18.2 Å². The Kier molecular flexibility index (Phi) is 5.49. The Labute approximate surface area is 185 Å². The van der Waals surface area contributed by atoms with Gasteiger partial charge in [-0.25, -0.2) is 4.79 Å². The van der Waals surface area contributed by atoms with E-state index in [2.05, 4.69) is 10.6 Å².